The van der Waals surface area contributed by atoms with Gasteiger partial charge in [0.2, 0.25) is 6.29 Å². The molecule has 10 N–H and O–H groups in total. The Labute approximate surface area is 260 Å². The first-order valence-electron chi connectivity index (χ1n) is 14.0. The number of esters is 1. The fourth-order valence-electron chi connectivity index (χ4n) is 5.29. The molecular weight excluding hydrogens is 620 g/mol. The number of carbonyl (C=O) groups is 1. The van der Waals surface area contributed by atoms with Gasteiger partial charge in [0.15, 0.2) is 35.7 Å². The molecule has 0 bridgehead atoms. The van der Waals surface area contributed by atoms with E-state index in [1.54, 1.807) is 0 Å². The Hall–Kier alpha value is -4.07. The lowest BCUT2D eigenvalue weighted by Gasteiger charge is -2.43. The smallest absolute Gasteiger partial charge is 0.303 e. The van der Waals surface area contributed by atoms with Gasteiger partial charge < -0.3 is 79.5 Å². The van der Waals surface area contributed by atoms with E-state index in [0.29, 0.717) is 0 Å². The van der Waals surface area contributed by atoms with E-state index in [0.717, 1.165) is 25.1 Å². The van der Waals surface area contributed by atoms with E-state index >= 15 is 0 Å². The zero-order valence-corrected chi connectivity index (χ0v) is 24.3. The molecule has 0 spiro atoms. The Morgan fingerprint density at radius 2 is 1.48 bits per heavy atom. The highest BCUT2D eigenvalue weighted by Crippen LogP contribution is 2.47. The normalized spacial score (nSPS) is 34.2. The van der Waals surface area contributed by atoms with Crippen LogP contribution in [0.4, 0.5) is 0 Å². The van der Waals surface area contributed by atoms with Crippen molar-refractivity contribution in [3.05, 3.63) is 41.2 Å². The highest BCUT2D eigenvalue weighted by Gasteiger charge is 2.49. The summed E-state index contributed by atoms with van der Waals surface area (Å²) in [5.74, 6) is -4.10. The molecule has 0 aliphatic carbocycles. The number of hydrogen-bond donors (Lipinski definition) is 10. The second-order valence-corrected chi connectivity index (χ2v) is 11.1. The van der Waals surface area contributed by atoms with Gasteiger partial charge in [-0.2, -0.15) is 0 Å². The maximum Gasteiger partial charge on any atom is 0.303 e. The summed E-state index contributed by atoms with van der Waals surface area (Å²) in [6, 6.07) is 4.26. The molecule has 11 atom stereocenters. The van der Waals surface area contributed by atoms with E-state index < -0.39 is 103 Å². The first-order valence-corrected chi connectivity index (χ1v) is 14.0. The van der Waals surface area contributed by atoms with Gasteiger partial charge in [0.05, 0.1) is 18.3 Å². The summed E-state index contributed by atoms with van der Waals surface area (Å²) in [7, 11) is 0. The Balaban J connectivity index is 1.39. The average Bonchev–Trinajstić information content (AvgIpc) is 2.99. The summed E-state index contributed by atoms with van der Waals surface area (Å²) in [5.41, 5.74) is 0.0180. The second-order valence-electron chi connectivity index (χ2n) is 11.1. The standard InChI is InChI=1S/C29H34O17/c1-9-20(35)27(43-10(2)30)25(40)28(42-9)41-8-19-22(37)23(38)24(39)29(46-19)45-18-7-13-14(32)5-12(31)6-17(13)44-26(18)11-3-15(33)21(36)16(34)4-11/h3-7,9,19-20,22-29,31-40H,8H2,1-2H3. The van der Waals surface area contributed by atoms with Crippen LogP contribution in [0.5, 0.6) is 34.5 Å². The SMILES string of the molecule is CC(=O)OC1C(O)C(C)OC(OCC2OC(OC3=Cc4c(O)cc(O)cc4OC3c3cc(O)c(O)c(O)c3)C(O)C(O)C2O)C1O. The van der Waals surface area contributed by atoms with Crippen molar-refractivity contribution in [2.45, 2.75) is 81.4 Å². The molecule has 0 saturated carbocycles. The van der Waals surface area contributed by atoms with E-state index in [4.69, 9.17) is 28.4 Å². The number of benzene rings is 2. The molecule has 3 aliphatic rings. The van der Waals surface area contributed by atoms with Crippen molar-refractivity contribution in [1.82, 2.24) is 0 Å². The molecule has 2 saturated heterocycles. The van der Waals surface area contributed by atoms with Crippen LogP contribution < -0.4 is 4.74 Å². The van der Waals surface area contributed by atoms with Crippen molar-refractivity contribution in [2.75, 3.05) is 6.61 Å². The van der Waals surface area contributed by atoms with E-state index in [2.05, 4.69) is 0 Å². The van der Waals surface area contributed by atoms with Gasteiger partial charge in [0, 0.05) is 24.6 Å². The van der Waals surface area contributed by atoms with Crippen LogP contribution in [-0.2, 0) is 28.5 Å². The van der Waals surface area contributed by atoms with Gasteiger partial charge in [-0.15, -0.1) is 0 Å². The van der Waals surface area contributed by atoms with Crippen LogP contribution in [0, 0.1) is 0 Å². The molecular formula is C29H34O17. The van der Waals surface area contributed by atoms with Crippen molar-refractivity contribution < 1.29 is 84.3 Å². The van der Waals surface area contributed by atoms with Gasteiger partial charge in [-0.25, -0.2) is 0 Å². The number of hydrogen-bond acceptors (Lipinski definition) is 17. The van der Waals surface area contributed by atoms with Crippen molar-refractivity contribution >= 4 is 12.0 Å². The molecule has 2 aromatic rings. The third kappa shape index (κ3) is 6.44. The Morgan fingerprint density at radius 1 is 0.804 bits per heavy atom. The predicted molar refractivity (Wildman–Crippen MR) is 148 cm³/mol. The van der Waals surface area contributed by atoms with Crippen LogP contribution in [0.2, 0.25) is 0 Å². The fourth-order valence-corrected chi connectivity index (χ4v) is 5.29. The molecule has 0 amide bonds. The highest BCUT2D eigenvalue weighted by atomic mass is 16.7. The Morgan fingerprint density at radius 3 is 2.13 bits per heavy atom. The summed E-state index contributed by atoms with van der Waals surface area (Å²) >= 11 is 0. The third-order valence-electron chi connectivity index (χ3n) is 7.72. The van der Waals surface area contributed by atoms with Crippen molar-refractivity contribution in [3.8, 4) is 34.5 Å². The zero-order chi connectivity index (χ0) is 33.6. The van der Waals surface area contributed by atoms with E-state index in [1.807, 2.05) is 0 Å². The maximum absolute atomic E-state index is 11.5. The third-order valence-corrected chi connectivity index (χ3v) is 7.72. The molecule has 0 radical (unpaired) electrons. The Bertz CT molecular complexity index is 1450. The van der Waals surface area contributed by atoms with Crippen LogP contribution in [-0.4, -0.2) is 125 Å². The molecule has 2 aromatic carbocycles. The largest absolute Gasteiger partial charge is 0.508 e. The minimum atomic E-state index is -1.88. The first kappa shape index (κ1) is 33.3. The lowest BCUT2D eigenvalue weighted by atomic mass is 9.98. The zero-order valence-electron chi connectivity index (χ0n) is 24.3. The monoisotopic (exact) mass is 654 g/mol. The van der Waals surface area contributed by atoms with E-state index in [-0.39, 0.29) is 28.4 Å². The molecule has 252 valence electrons. The number of aliphatic hydroxyl groups excluding tert-OH is 5. The van der Waals surface area contributed by atoms with Crippen LogP contribution in [0.3, 0.4) is 0 Å². The molecule has 2 fully saturated rings. The van der Waals surface area contributed by atoms with Gasteiger partial charge in [-0.3, -0.25) is 4.79 Å². The lowest BCUT2D eigenvalue weighted by molar-refractivity contribution is -0.325. The molecule has 5 rings (SSSR count). The quantitative estimate of drug-likeness (QED) is 0.126. The topological polar surface area (TPSA) is 275 Å². The van der Waals surface area contributed by atoms with Crippen molar-refractivity contribution in [3.63, 3.8) is 0 Å². The summed E-state index contributed by atoms with van der Waals surface area (Å²) in [6.45, 7) is 1.95. The number of fused-ring (bicyclic) bond motifs is 1. The van der Waals surface area contributed by atoms with Crippen LogP contribution >= 0.6 is 0 Å². The van der Waals surface area contributed by atoms with Crippen LogP contribution in [0.1, 0.15) is 31.1 Å². The number of phenols is 5. The second kappa shape index (κ2) is 13.0. The summed E-state index contributed by atoms with van der Waals surface area (Å²) in [6.07, 6.45) is -15.7. The number of aliphatic hydroxyl groups is 5. The minimum absolute atomic E-state index is 0.000347. The van der Waals surface area contributed by atoms with Gasteiger partial charge in [0.1, 0.15) is 59.6 Å². The molecule has 17 nitrogen and oxygen atoms in total. The van der Waals surface area contributed by atoms with Gasteiger partial charge in [-0.05, 0) is 25.1 Å². The summed E-state index contributed by atoms with van der Waals surface area (Å²) in [5, 5.41) is 103. The number of rotatable bonds is 7. The molecule has 3 aliphatic heterocycles. The predicted octanol–water partition coefficient (Wildman–Crippen LogP) is -1.07. The average molecular weight is 655 g/mol. The van der Waals surface area contributed by atoms with Gasteiger partial charge >= 0.3 is 5.97 Å². The Kier molecular flexibility index (Phi) is 9.39. The number of aromatic hydroxyl groups is 5. The summed E-state index contributed by atoms with van der Waals surface area (Å²) < 4.78 is 33.5. The van der Waals surface area contributed by atoms with E-state index in [9.17, 15) is 55.9 Å². The molecule has 17 heteroatoms. The van der Waals surface area contributed by atoms with Crippen LogP contribution in [0.15, 0.2) is 30.0 Å². The lowest BCUT2D eigenvalue weighted by Crippen LogP contribution is -2.61. The molecule has 11 unspecified atom stereocenters. The molecule has 3 heterocycles. The number of phenolic OH excluding ortho intramolecular Hbond substituents is 5. The molecule has 0 aromatic heterocycles. The fraction of sp³-hybridized carbons (Fsp3) is 0.483. The molecule has 46 heavy (non-hydrogen) atoms. The summed E-state index contributed by atoms with van der Waals surface area (Å²) in [4.78, 5) is 11.5. The maximum atomic E-state index is 11.5. The number of carbonyl (C=O) groups excluding carboxylic acids is 1. The highest BCUT2D eigenvalue weighted by molar-refractivity contribution is 5.70. The van der Waals surface area contributed by atoms with Crippen molar-refractivity contribution in [1.29, 1.82) is 0 Å². The van der Waals surface area contributed by atoms with E-state index in [1.165, 1.54) is 19.1 Å². The van der Waals surface area contributed by atoms with Gasteiger partial charge in [-0.1, -0.05) is 0 Å². The minimum Gasteiger partial charge on any atom is -0.508 e. The first-order chi connectivity index (χ1) is 21.7. The van der Waals surface area contributed by atoms with Crippen LogP contribution in [0.25, 0.3) is 6.08 Å². The van der Waals surface area contributed by atoms with Crippen molar-refractivity contribution in [2.24, 2.45) is 0 Å². The number of ether oxygens (including phenoxy) is 6. The van der Waals surface area contributed by atoms with Gasteiger partial charge in [0.25, 0.3) is 0 Å².